The molecule has 0 bridgehead atoms. The highest BCUT2D eigenvalue weighted by Crippen LogP contribution is 2.23. The first-order valence-corrected chi connectivity index (χ1v) is 5.22. The molecule has 0 aliphatic carbocycles. The van der Waals surface area contributed by atoms with Gasteiger partial charge in [0.05, 0.1) is 12.2 Å². The highest BCUT2D eigenvalue weighted by molar-refractivity contribution is 7.10. The number of thiophene rings is 1. The second-order valence-electron chi connectivity index (χ2n) is 3.14. The standard InChI is InChI=1S/C10H11N3S/c1-7-4-9(6-14-7)10(11)8-2-3-12-13-5-8/h2-6,10H,11H2,1H3. The Bertz CT molecular complexity index is 410. The van der Waals surface area contributed by atoms with Crippen molar-refractivity contribution >= 4 is 11.3 Å². The normalized spacial score (nSPS) is 12.7. The summed E-state index contributed by atoms with van der Waals surface area (Å²) in [7, 11) is 0. The Kier molecular flexibility index (Phi) is 2.56. The van der Waals surface area contributed by atoms with Crippen molar-refractivity contribution in [3.05, 3.63) is 45.9 Å². The fraction of sp³-hybridized carbons (Fsp3) is 0.200. The molecule has 1 unspecified atom stereocenters. The van der Waals surface area contributed by atoms with E-state index in [2.05, 4.69) is 28.6 Å². The zero-order valence-electron chi connectivity index (χ0n) is 7.84. The molecule has 0 spiro atoms. The smallest absolute Gasteiger partial charge is 0.0576 e. The molecule has 0 aliphatic rings. The zero-order valence-corrected chi connectivity index (χ0v) is 8.66. The van der Waals surface area contributed by atoms with E-state index >= 15 is 0 Å². The molecule has 14 heavy (non-hydrogen) atoms. The van der Waals surface area contributed by atoms with Crippen molar-refractivity contribution in [2.45, 2.75) is 13.0 Å². The Morgan fingerprint density at radius 2 is 2.21 bits per heavy atom. The molecule has 0 radical (unpaired) electrons. The Morgan fingerprint density at radius 3 is 2.79 bits per heavy atom. The molecule has 3 nitrogen and oxygen atoms in total. The average Bonchev–Trinajstić information content (AvgIpc) is 2.65. The van der Waals surface area contributed by atoms with E-state index in [1.807, 2.05) is 6.07 Å². The van der Waals surface area contributed by atoms with Crippen molar-refractivity contribution in [2.24, 2.45) is 5.73 Å². The van der Waals surface area contributed by atoms with Crippen LogP contribution in [0.5, 0.6) is 0 Å². The summed E-state index contributed by atoms with van der Waals surface area (Å²) in [5.41, 5.74) is 8.21. The molecule has 2 rings (SSSR count). The van der Waals surface area contributed by atoms with Gasteiger partial charge in [-0.25, -0.2) is 0 Å². The number of aryl methyl sites for hydroxylation is 1. The van der Waals surface area contributed by atoms with Crippen LogP contribution in [0, 0.1) is 6.92 Å². The molecular formula is C10H11N3S. The number of nitrogens with two attached hydrogens (primary N) is 1. The molecule has 1 atom stereocenters. The number of aromatic nitrogens is 2. The van der Waals surface area contributed by atoms with E-state index in [0.29, 0.717) is 0 Å². The highest BCUT2D eigenvalue weighted by atomic mass is 32.1. The van der Waals surface area contributed by atoms with E-state index in [1.54, 1.807) is 23.7 Å². The van der Waals surface area contributed by atoms with Crippen LogP contribution in [0.3, 0.4) is 0 Å². The fourth-order valence-corrected chi connectivity index (χ4v) is 2.04. The first-order chi connectivity index (χ1) is 6.77. The monoisotopic (exact) mass is 205 g/mol. The third kappa shape index (κ3) is 1.81. The van der Waals surface area contributed by atoms with Crippen LogP contribution in [-0.4, -0.2) is 10.2 Å². The second kappa shape index (κ2) is 3.86. The minimum atomic E-state index is -0.0875. The van der Waals surface area contributed by atoms with Crippen LogP contribution in [0.1, 0.15) is 22.0 Å². The van der Waals surface area contributed by atoms with Crippen LogP contribution in [0.2, 0.25) is 0 Å². The number of hydrogen-bond acceptors (Lipinski definition) is 4. The molecule has 2 heterocycles. The first-order valence-electron chi connectivity index (χ1n) is 4.34. The average molecular weight is 205 g/mol. The summed E-state index contributed by atoms with van der Waals surface area (Å²) in [6, 6.07) is 3.91. The van der Waals surface area contributed by atoms with Gasteiger partial charge in [0, 0.05) is 11.1 Å². The fourth-order valence-electron chi connectivity index (χ4n) is 1.30. The Balaban J connectivity index is 2.29. The summed E-state index contributed by atoms with van der Waals surface area (Å²) in [5.74, 6) is 0. The molecule has 0 amide bonds. The third-order valence-electron chi connectivity index (χ3n) is 2.08. The van der Waals surface area contributed by atoms with Crippen LogP contribution in [-0.2, 0) is 0 Å². The van der Waals surface area contributed by atoms with Gasteiger partial charge in [-0.1, -0.05) is 0 Å². The van der Waals surface area contributed by atoms with Gasteiger partial charge < -0.3 is 5.73 Å². The van der Waals surface area contributed by atoms with Gasteiger partial charge in [-0.2, -0.15) is 10.2 Å². The van der Waals surface area contributed by atoms with E-state index in [0.717, 1.165) is 11.1 Å². The predicted molar refractivity (Wildman–Crippen MR) is 57.1 cm³/mol. The van der Waals surface area contributed by atoms with Gasteiger partial charge in [-0.3, -0.25) is 0 Å². The van der Waals surface area contributed by atoms with Crippen molar-refractivity contribution in [3.63, 3.8) is 0 Å². The van der Waals surface area contributed by atoms with E-state index in [-0.39, 0.29) is 6.04 Å². The molecular weight excluding hydrogens is 194 g/mol. The van der Waals surface area contributed by atoms with Gasteiger partial charge in [0.2, 0.25) is 0 Å². The number of nitrogens with zero attached hydrogens (tertiary/aromatic N) is 2. The maximum Gasteiger partial charge on any atom is 0.0576 e. The molecule has 2 N–H and O–H groups in total. The predicted octanol–water partition coefficient (Wildman–Crippen LogP) is 1.89. The van der Waals surface area contributed by atoms with Crippen LogP contribution >= 0.6 is 11.3 Å². The third-order valence-corrected chi connectivity index (χ3v) is 2.96. The lowest BCUT2D eigenvalue weighted by atomic mass is 10.1. The quantitative estimate of drug-likeness (QED) is 0.814. The van der Waals surface area contributed by atoms with Crippen molar-refractivity contribution in [1.29, 1.82) is 0 Å². The van der Waals surface area contributed by atoms with E-state index < -0.39 is 0 Å². The van der Waals surface area contributed by atoms with Crippen molar-refractivity contribution < 1.29 is 0 Å². The van der Waals surface area contributed by atoms with Crippen molar-refractivity contribution in [2.75, 3.05) is 0 Å². The van der Waals surface area contributed by atoms with Crippen LogP contribution in [0.15, 0.2) is 29.9 Å². The molecule has 0 fully saturated rings. The van der Waals surface area contributed by atoms with Gasteiger partial charge in [0.15, 0.2) is 0 Å². The summed E-state index contributed by atoms with van der Waals surface area (Å²) < 4.78 is 0. The van der Waals surface area contributed by atoms with Gasteiger partial charge in [-0.05, 0) is 35.6 Å². The minimum Gasteiger partial charge on any atom is -0.320 e. The SMILES string of the molecule is Cc1cc(C(N)c2ccnnc2)cs1. The Hall–Kier alpha value is -1.26. The molecule has 0 saturated carbocycles. The second-order valence-corrected chi connectivity index (χ2v) is 4.26. The maximum atomic E-state index is 6.07. The first kappa shape index (κ1) is 9.30. The molecule has 2 aromatic rings. The molecule has 4 heteroatoms. The van der Waals surface area contributed by atoms with Crippen LogP contribution in [0.4, 0.5) is 0 Å². The van der Waals surface area contributed by atoms with Gasteiger partial charge in [0.25, 0.3) is 0 Å². The summed E-state index contributed by atoms with van der Waals surface area (Å²) in [5, 5.41) is 9.62. The van der Waals surface area contributed by atoms with Crippen molar-refractivity contribution in [3.8, 4) is 0 Å². The summed E-state index contributed by atoms with van der Waals surface area (Å²) in [6.07, 6.45) is 3.37. The van der Waals surface area contributed by atoms with Crippen LogP contribution in [0.25, 0.3) is 0 Å². The number of hydrogen-bond donors (Lipinski definition) is 1. The molecule has 72 valence electrons. The largest absolute Gasteiger partial charge is 0.320 e. The molecule has 0 aliphatic heterocycles. The summed E-state index contributed by atoms with van der Waals surface area (Å²) >= 11 is 1.71. The van der Waals surface area contributed by atoms with E-state index in [4.69, 9.17) is 5.73 Å². The minimum absolute atomic E-state index is 0.0875. The molecule has 0 aromatic carbocycles. The topological polar surface area (TPSA) is 51.8 Å². The van der Waals surface area contributed by atoms with Gasteiger partial charge in [0.1, 0.15) is 0 Å². The Labute approximate surface area is 86.6 Å². The van der Waals surface area contributed by atoms with Gasteiger partial charge >= 0.3 is 0 Å². The lowest BCUT2D eigenvalue weighted by Gasteiger charge is -2.08. The summed E-state index contributed by atoms with van der Waals surface area (Å²) in [6.45, 7) is 2.08. The number of rotatable bonds is 2. The lowest BCUT2D eigenvalue weighted by Crippen LogP contribution is -2.11. The Morgan fingerprint density at radius 1 is 1.36 bits per heavy atom. The van der Waals surface area contributed by atoms with Gasteiger partial charge in [-0.15, -0.1) is 11.3 Å². The van der Waals surface area contributed by atoms with Crippen LogP contribution < -0.4 is 5.73 Å². The zero-order chi connectivity index (χ0) is 9.97. The van der Waals surface area contributed by atoms with Crippen molar-refractivity contribution in [1.82, 2.24) is 10.2 Å². The van der Waals surface area contributed by atoms with E-state index in [1.165, 1.54) is 4.88 Å². The highest BCUT2D eigenvalue weighted by Gasteiger charge is 2.09. The maximum absolute atomic E-state index is 6.07. The molecule has 2 aromatic heterocycles. The lowest BCUT2D eigenvalue weighted by molar-refractivity contribution is 0.849. The molecule has 0 saturated heterocycles. The van der Waals surface area contributed by atoms with E-state index in [9.17, 15) is 0 Å². The summed E-state index contributed by atoms with van der Waals surface area (Å²) in [4.78, 5) is 1.28.